The molecule has 0 aliphatic heterocycles. The highest BCUT2D eigenvalue weighted by Crippen LogP contribution is 2.37. The minimum absolute atomic E-state index is 0.0670. The Morgan fingerprint density at radius 3 is 2.46 bits per heavy atom. The Hall–Kier alpha value is -1.35. The molecule has 1 aromatic carbocycles. The number of rotatable bonds is 14. The van der Waals surface area contributed by atoms with E-state index in [-0.39, 0.29) is 5.91 Å². The number of aryl methyl sites for hydroxylation is 2. The first-order valence-electron chi connectivity index (χ1n) is 13.0. The van der Waals surface area contributed by atoms with Crippen LogP contribution in [0.1, 0.15) is 82.5 Å². The number of carbonyl (C=O) groups excluding carboxylic acids is 1. The lowest BCUT2D eigenvalue weighted by Gasteiger charge is -2.15. The van der Waals surface area contributed by atoms with E-state index in [4.69, 9.17) is 21.0 Å². The highest BCUT2D eigenvalue weighted by Gasteiger charge is 2.18. The van der Waals surface area contributed by atoms with Gasteiger partial charge in [-0.25, -0.2) is 9.97 Å². The molecule has 0 saturated heterocycles. The number of benzene rings is 1. The second-order valence-corrected chi connectivity index (χ2v) is 13.3. The molecule has 2 heterocycles. The summed E-state index contributed by atoms with van der Waals surface area (Å²) in [4.78, 5) is 23.2. The van der Waals surface area contributed by atoms with Gasteiger partial charge in [0.15, 0.2) is 5.58 Å². The Labute approximate surface area is 239 Å². The van der Waals surface area contributed by atoms with Crippen molar-refractivity contribution in [2.24, 2.45) is 0 Å². The van der Waals surface area contributed by atoms with Crippen LogP contribution in [-0.4, -0.2) is 33.1 Å². The Bertz CT molecular complexity index is 1190. The van der Waals surface area contributed by atoms with Crippen molar-refractivity contribution in [2.75, 3.05) is 22.6 Å². The minimum Gasteiger partial charge on any atom is -0.431 e. The van der Waals surface area contributed by atoms with Gasteiger partial charge >= 0.3 is 0 Å². The van der Waals surface area contributed by atoms with E-state index < -0.39 is 0 Å². The lowest BCUT2D eigenvalue weighted by molar-refractivity contribution is -0.116. The number of pyridine rings is 1. The molecule has 3 aromatic rings. The van der Waals surface area contributed by atoms with E-state index in [2.05, 4.69) is 44.1 Å². The van der Waals surface area contributed by atoms with Gasteiger partial charge in [-0.2, -0.15) is 0 Å². The smallest absolute Gasteiger partial charge is 0.256 e. The summed E-state index contributed by atoms with van der Waals surface area (Å²) in [6.07, 6.45) is 4.55. The number of carbonyl (C=O) groups is 1. The van der Waals surface area contributed by atoms with E-state index in [1.54, 1.807) is 35.3 Å². The summed E-state index contributed by atoms with van der Waals surface area (Å²) in [7, 11) is 0. The van der Waals surface area contributed by atoms with Gasteiger partial charge in [0.1, 0.15) is 10.5 Å². The molecule has 0 fully saturated rings. The van der Waals surface area contributed by atoms with Gasteiger partial charge in [0, 0.05) is 33.3 Å². The van der Waals surface area contributed by atoms with Crippen LogP contribution in [0.4, 0.5) is 5.69 Å². The molecular formula is C28H38ClN3O2S3. The molecule has 1 amide bonds. The normalized spacial score (nSPS) is 11.6. The predicted octanol–water partition coefficient (Wildman–Crippen LogP) is 9.52. The molecule has 5 nitrogen and oxygen atoms in total. The van der Waals surface area contributed by atoms with Gasteiger partial charge in [-0.05, 0) is 61.8 Å². The summed E-state index contributed by atoms with van der Waals surface area (Å²) in [5.74, 6) is 3.20. The summed E-state index contributed by atoms with van der Waals surface area (Å²) in [5.41, 5.74) is 5.66. The molecule has 202 valence electrons. The molecule has 3 rings (SSSR count). The molecule has 1 N–H and O–H groups in total. The van der Waals surface area contributed by atoms with Crippen LogP contribution in [0.3, 0.4) is 0 Å². The van der Waals surface area contributed by atoms with Crippen LogP contribution >= 0.6 is 46.9 Å². The van der Waals surface area contributed by atoms with Crippen LogP contribution in [0.15, 0.2) is 31.7 Å². The average molecular weight is 580 g/mol. The zero-order chi connectivity index (χ0) is 26.9. The number of unbranched alkanes of at least 4 members (excludes halogenated alkanes) is 3. The maximum absolute atomic E-state index is 12.7. The van der Waals surface area contributed by atoms with E-state index >= 15 is 0 Å². The molecule has 0 atom stereocenters. The number of aromatic nitrogens is 2. The Kier molecular flexibility index (Phi) is 12.0. The number of thioether (sulfide) groups is 3. The van der Waals surface area contributed by atoms with E-state index in [0.29, 0.717) is 17.6 Å². The zero-order valence-electron chi connectivity index (χ0n) is 22.7. The molecule has 0 unspecified atom stereocenters. The molecule has 0 spiro atoms. The van der Waals surface area contributed by atoms with Crippen LogP contribution in [-0.2, 0) is 4.79 Å². The van der Waals surface area contributed by atoms with Gasteiger partial charge in [-0.1, -0.05) is 63.9 Å². The van der Waals surface area contributed by atoms with Crippen LogP contribution < -0.4 is 5.32 Å². The number of hydrogen-bond acceptors (Lipinski definition) is 7. The van der Waals surface area contributed by atoms with Gasteiger partial charge in [0.2, 0.25) is 5.91 Å². The minimum atomic E-state index is 0.0670. The van der Waals surface area contributed by atoms with E-state index in [1.807, 2.05) is 19.9 Å². The molecule has 0 aliphatic rings. The molecule has 9 heteroatoms. The third-order valence-electron chi connectivity index (χ3n) is 5.93. The van der Waals surface area contributed by atoms with Crippen LogP contribution in [0, 0.1) is 13.8 Å². The van der Waals surface area contributed by atoms with Gasteiger partial charge in [0.05, 0.1) is 5.69 Å². The van der Waals surface area contributed by atoms with Crippen LogP contribution in [0.5, 0.6) is 0 Å². The van der Waals surface area contributed by atoms with Crippen molar-refractivity contribution in [2.45, 2.75) is 94.7 Å². The first kappa shape index (κ1) is 30.2. The zero-order valence-corrected chi connectivity index (χ0v) is 25.9. The summed E-state index contributed by atoms with van der Waals surface area (Å²) in [5, 5.41) is 5.52. The fourth-order valence-corrected chi connectivity index (χ4v) is 6.75. The van der Waals surface area contributed by atoms with Crippen molar-refractivity contribution in [1.29, 1.82) is 0 Å². The van der Waals surface area contributed by atoms with E-state index in [0.717, 1.165) is 91.5 Å². The number of hydrogen-bond donors (Lipinski definition) is 1. The van der Waals surface area contributed by atoms with Crippen LogP contribution in [0.2, 0.25) is 5.02 Å². The third-order valence-corrected chi connectivity index (χ3v) is 9.02. The summed E-state index contributed by atoms with van der Waals surface area (Å²) >= 11 is 11.5. The molecule has 37 heavy (non-hydrogen) atoms. The molecule has 0 radical (unpaired) electrons. The van der Waals surface area contributed by atoms with Gasteiger partial charge in [-0.15, -0.1) is 23.5 Å². The SMILES string of the molecule is CCSc1cc(C)nc(SCC)c1NC(=O)CCCCCCSc1nc2c(C)c(Cl)cc(C(C)C)c2o1. The number of fused-ring (bicyclic) bond motifs is 1. The average Bonchev–Trinajstić information content (AvgIpc) is 3.27. The first-order chi connectivity index (χ1) is 17.7. The number of amides is 1. The summed E-state index contributed by atoms with van der Waals surface area (Å²) in [6, 6.07) is 4.07. The Morgan fingerprint density at radius 2 is 1.76 bits per heavy atom. The van der Waals surface area contributed by atoms with Gasteiger partial charge < -0.3 is 9.73 Å². The monoisotopic (exact) mass is 579 g/mol. The largest absolute Gasteiger partial charge is 0.431 e. The van der Waals surface area contributed by atoms with Crippen molar-refractivity contribution < 1.29 is 9.21 Å². The van der Waals surface area contributed by atoms with Gasteiger partial charge in [0.25, 0.3) is 5.22 Å². The first-order valence-corrected chi connectivity index (χ1v) is 16.4. The van der Waals surface area contributed by atoms with Crippen molar-refractivity contribution in [1.82, 2.24) is 9.97 Å². The maximum atomic E-state index is 12.7. The van der Waals surface area contributed by atoms with Crippen molar-refractivity contribution in [3.8, 4) is 0 Å². The van der Waals surface area contributed by atoms with E-state index in [9.17, 15) is 4.79 Å². The quantitative estimate of drug-likeness (QED) is 0.151. The second kappa shape index (κ2) is 14.7. The molecule has 0 saturated carbocycles. The third kappa shape index (κ3) is 8.32. The second-order valence-electron chi connectivity index (χ2n) is 9.25. The molecule has 2 aromatic heterocycles. The van der Waals surface area contributed by atoms with Crippen molar-refractivity contribution in [3.05, 3.63) is 34.0 Å². The summed E-state index contributed by atoms with van der Waals surface area (Å²) in [6.45, 7) is 12.5. The summed E-state index contributed by atoms with van der Waals surface area (Å²) < 4.78 is 6.11. The number of oxazole rings is 1. The maximum Gasteiger partial charge on any atom is 0.256 e. The Balaban J connectivity index is 1.45. The lowest BCUT2D eigenvalue weighted by atomic mass is 10.0. The Morgan fingerprint density at radius 1 is 1.03 bits per heavy atom. The number of nitrogens with zero attached hydrogens (tertiary/aromatic N) is 2. The molecule has 0 aliphatic carbocycles. The predicted molar refractivity (Wildman–Crippen MR) is 162 cm³/mol. The molecular weight excluding hydrogens is 542 g/mol. The van der Waals surface area contributed by atoms with Crippen molar-refractivity contribution in [3.63, 3.8) is 0 Å². The number of halogens is 1. The number of nitrogens with one attached hydrogen (secondary N) is 1. The van der Waals surface area contributed by atoms with Crippen molar-refractivity contribution >= 4 is 69.6 Å². The number of anilines is 1. The highest BCUT2D eigenvalue weighted by atomic mass is 35.5. The highest BCUT2D eigenvalue weighted by molar-refractivity contribution is 8.00. The molecule has 0 bridgehead atoms. The topological polar surface area (TPSA) is 68.0 Å². The van der Waals surface area contributed by atoms with E-state index in [1.165, 1.54) is 0 Å². The van der Waals surface area contributed by atoms with Gasteiger partial charge in [-0.3, -0.25) is 4.79 Å². The fourth-order valence-electron chi connectivity index (χ4n) is 4.01. The lowest BCUT2D eigenvalue weighted by Crippen LogP contribution is -2.13. The van der Waals surface area contributed by atoms with Crippen LogP contribution in [0.25, 0.3) is 11.1 Å². The standard InChI is InChI=1S/C28H38ClN3O2S3/c1-7-35-22-15-18(5)30-27(36-8-2)25(22)31-23(33)13-11-9-10-12-14-37-28-32-24-19(6)21(29)16-20(17(3)4)26(24)34-28/h15-17H,7-14H2,1-6H3,(H,31,33). The fraction of sp³-hybridized carbons (Fsp3) is 0.536.